The van der Waals surface area contributed by atoms with E-state index in [-0.39, 0.29) is 24.0 Å². The van der Waals surface area contributed by atoms with Crippen LogP contribution in [0.15, 0.2) is 42.5 Å². The molecular formula is C16H14Cl3NO2. The Morgan fingerprint density at radius 3 is 2.55 bits per heavy atom. The minimum Gasteiger partial charge on any atom is -0.258 e. The van der Waals surface area contributed by atoms with E-state index >= 15 is 0 Å². The van der Waals surface area contributed by atoms with Gasteiger partial charge in [-0.1, -0.05) is 53.5 Å². The predicted octanol–water partition coefficient (Wildman–Crippen LogP) is 5.30. The Morgan fingerprint density at radius 1 is 1.23 bits per heavy atom. The molecule has 0 aliphatic heterocycles. The van der Waals surface area contributed by atoms with Crippen LogP contribution in [0.5, 0.6) is 0 Å². The summed E-state index contributed by atoms with van der Waals surface area (Å²) in [4.78, 5) is 10.6. The van der Waals surface area contributed by atoms with E-state index in [1.807, 2.05) is 31.2 Å². The average Bonchev–Trinajstić information content (AvgIpc) is 2.71. The second kappa shape index (κ2) is 6.07. The van der Waals surface area contributed by atoms with Crippen molar-refractivity contribution in [3.05, 3.63) is 74.8 Å². The first-order valence-corrected chi connectivity index (χ1v) is 7.38. The minimum absolute atomic E-state index is 0. The molecule has 2 aromatic carbocycles. The number of nitro groups is 1. The number of aryl methyl sites for hydroxylation is 1. The monoisotopic (exact) mass is 357 g/mol. The van der Waals surface area contributed by atoms with Crippen LogP contribution in [0.3, 0.4) is 0 Å². The SMILES string of the molecule is Cc1ccc([N+](=O)[O-])cc1C1Cc2ccccc2C1(Cl)Cl.Cl. The summed E-state index contributed by atoms with van der Waals surface area (Å²) in [5, 5.41) is 11.0. The molecule has 0 amide bonds. The fourth-order valence-electron chi connectivity index (χ4n) is 2.98. The van der Waals surface area contributed by atoms with Gasteiger partial charge in [0.05, 0.1) is 4.92 Å². The lowest BCUT2D eigenvalue weighted by atomic mass is 9.91. The molecule has 1 aliphatic rings. The Bertz CT molecular complexity index is 731. The molecule has 3 rings (SSSR count). The Hall–Kier alpha value is -1.29. The molecule has 0 aromatic heterocycles. The molecule has 0 saturated carbocycles. The molecule has 0 bridgehead atoms. The summed E-state index contributed by atoms with van der Waals surface area (Å²) in [5.74, 6) is -0.182. The summed E-state index contributed by atoms with van der Waals surface area (Å²) >= 11 is 13.2. The number of rotatable bonds is 2. The van der Waals surface area contributed by atoms with Crippen LogP contribution in [0.2, 0.25) is 0 Å². The van der Waals surface area contributed by atoms with E-state index in [2.05, 4.69) is 0 Å². The summed E-state index contributed by atoms with van der Waals surface area (Å²) in [6, 6.07) is 12.6. The first-order chi connectivity index (χ1) is 9.91. The molecule has 6 heteroatoms. The third-order valence-electron chi connectivity index (χ3n) is 4.09. The van der Waals surface area contributed by atoms with E-state index in [4.69, 9.17) is 23.2 Å². The van der Waals surface area contributed by atoms with Gasteiger partial charge >= 0.3 is 0 Å². The first-order valence-electron chi connectivity index (χ1n) is 6.62. The average molecular weight is 359 g/mol. The molecule has 2 aromatic rings. The van der Waals surface area contributed by atoms with Crippen LogP contribution < -0.4 is 0 Å². The van der Waals surface area contributed by atoms with Crippen LogP contribution in [-0.4, -0.2) is 4.92 Å². The zero-order chi connectivity index (χ0) is 15.2. The van der Waals surface area contributed by atoms with Gasteiger partial charge < -0.3 is 0 Å². The first kappa shape index (κ1) is 17.1. The second-order valence-corrected chi connectivity index (χ2v) is 6.72. The predicted molar refractivity (Wildman–Crippen MR) is 91.4 cm³/mol. The number of hydrogen-bond donors (Lipinski definition) is 0. The van der Waals surface area contributed by atoms with Crippen LogP contribution in [0.4, 0.5) is 5.69 Å². The number of halogens is 3. The minimum atomic E-state index is -1.06. The summed E-state index contributed by atoms with van der Waals surface area (Å²) in [6.07, 6.45) is 0.686. The number of alkyl halides is 2. The van der Waals surface area contributed by atoms with Gasteiger partial charge in [0.25, 0.3) is 5.69 Å². The lowest BCUT2D eigenvalue weighted by Crippen LogP contribution is -2.17. The highest BCUT2D eigenvalue weighted by Gasteiger charge is 2.45. The smallest absolute Gasteiger partial charge is 0.258 e. The molecule has 116 valence electrons. The van der Waals surface area contributed by atoms with Gasteiger partial charge in [-0.3, -0.25) is 10.1 Å². The maximum Gasteiger partial charge on any atom is 0.269 e. The Morgan fingerprint density at radius 2 is 1.91 bits per heavy atom. The van der Waals surface area contributed by atoms with E-state index in [1.54, 1.807) is 12.1 Å². The van der Waals surface area contributed by atoms with E-state index in [0.29, 0.717) is 6.42 Å². The zero-order valence-electron chi connectivity index (χ0n) is 11.8. The van der Waals surface area contributed by atoms with Crippen LogP contribution in [-0.2, 0) is 10.8 Å². The van der Waals surface area contributed by atoms with Gasteiger partial charge in [0.1, 0.15) is 0 Å². The maximum absolute atomic E-state index is 11.0. The van der Waals surface area contributed by atoms with Gasteiger partial charge in [-0.2, -0.15) is 0 Å². The highest BCUT2D eigenvalue weighted by atomic mass is 35.5. The highest BCUT2D eigenvalue weighted by molar-refractivity contribution is 6.49. The van der Waals surface area contributed by atoms with E-state index in [0.717, 1.165) is 22.3 Å². The zero-order valence-corrected chi connectivity index (χ0v) is 14.1. The summed E-state index contributed by atoms with van der Waals surface area (Å²) in [7, 11) is 0. The largest absolute Gasteiger partial charge is 0.269 e. The lowest BCUT2D eigenvalue weighted by Gasteiger charge is -2.25. The van der Waals surface area contributed by atoms with Gasteiger partial charge in [-0.25, -0.2) is 0 Å². The number of benzene rings is 2. The number of non-ortho nitro benzene ring substituents is 1. The third kappa shape index (κ3) is 2.69. The molecule has 0 fully saturated rings. The highest BCUT2D eigenvalue weighted by Crippen LogP contribution is 2.55. The number of nitrogens with zero attached hydrogens (tertiary/aromatic N) is 1. The van der Waals surface area contributed by atoms with Gasteiger partial charge in [0.2, 0.25) is 0 Å². The topological polar surface area (TPSA) is 43.1 Å². The molecule has 0 spiro atoms. The molecule has 0 radical (unpaired) electrons. The van der Waals surface area contributed by atoms with Crippen LogP contribution >= 0.6 is 35.6 Å². The Labute approximate surface area is 144 Å². The molecule has 0 heterocycles. The fraction of sp³-hybridized carbons (Fsp3) is 0.250. The second-order valence-electron chi connectivity index (χ2n) is 5.33. The van der Waals surface area contributed by atoms with E-state index < -0.39 is 9.26 Å². The number of hydrogen-bond acceptors (Lipinski definition) is 2. The number of fused-ring (bicyclic) bond motifs is 1. The van der Waals surface area contributed by atoms with Gasteiger partial charge in [0, 0.05) is 18.1 Å². The van der Waals surface area contributed by atoms with Gasteiger partial charge in [-0.05, 0) is 35.6 Å². The van der Waals surface area contributed by atoms with Crippen molar-refractivity contribution in [3.63, 3.8) is 0 Å². The van der Waals surface area contributed by atoms with Crippen molar-refractivity contribution >= 4 is 41.3 Å². The van der Waals surface area contributed by atoms with Crippen molar-refractivity contribution < 1.29 is 4.92 Å². The standard InChI is InChI=1S/C16H13Cl2NO2.ClH/c1-10-6-7-12(19(20)21)9-13(10)15-8-11-4-2-3-5-14(11)16(15,17)18;/h2-7,9,15H,8H2,1H3;1H. The molecule has 3 nitrogen and oxygen atoms in total. The normalized spacial score (nSPS) is 18.4. The number of nitro benzene ring substituents is 1. The summed E-state index contributed by atoms with van der Waals surface area (Å²) in [5.41, 5.74) is 3.85. The van der Waals surface area contributed by atoms with E-state index in [1.165, 1.54) is 6.07 Å². The molecular weight excluding hydrogens is 345 g/mol. The van der Waals surface area contributed by atoms with Crippen molar-refractivity contribution in [1.29, 1.82) is 0 Å². The van der Waals surface area contributed by atoms with Gasteiger partial charge in [0.15, 0.2) is 4.33 Å². The molecule has 0 saturated heterocycles. The van der Waals surface area contributed by atoms with Crippen molar-refractivity contribution in [2.45, 2.75) is 23.6 Å². The fourth-order valence-corrected chi connectivity index (χ4v) is 3.74. The van der Waals surface area contributed by atoms with Crippen LogP contribution in [0.25, 0.3) is 0 Å². The molecule has 22 heavy (non-hydrogen) atoms. The Balaban J connectivity index is 0.00000176. The molecule has 0 N–H and O–H groups in total. The van der Waals surface area contributed by atoms with Crippen molar-refractivity contribution in [2.75, 3.05) is 0 Å². The molecule has 1 aliphatic carbocycles. The summed E-state index contributed by atoms with van der Waals surface area (Å²) < 4.78 is -1.06. The Kier molecular flexibility index (Phi) is 4.71. The van der Waals surface area contributed by atoms with E-state index in [9.17, 15) is 10.1 Å². The van der Waals surface area contributed by atoms with Crippen LogP contribution in [0, 0.1) is 17.0 Å². The molecule has 1 atom stereocenters. The van der Waals surface area contributed by atoms with Gasteiger partial charge in [-0.15, -0.1) is 12.4 Å². The van der Waals surface area contributed by atoms with Crippen molar-refractivity contribution in [2.24, 2.45) is 0 Å². The maximum atomic E-state index is 11.0. The quantitative estimate of drug-likeness (QED) is 0.415. The van der Waals surface area contributed by atoms with Crippen molar-refractivity contribution in [3.8, 4) is 0 Å². The van der Waals surface area contributed by atoms with Crippen LogP contribution in [0.1, 0.15) is 28.2 Å². The summed E-state index contributed by atoms with van der Waals surface area (Å²) in [6.45, 7) is 1.92. The van der Waals surface area contributed by atoms with Crippen molar-refractivity contribution in [1.82, 2.24) is 0 Å². The third-order valence-corrected chi connectivity index (χ3v) is 5.02. The lowest BCUT2D eigenvalue weighted by molar-refractivity contribution is -0.384. The molecule has 1 unspecified atom stereocenters.